The van der Waals surface area contributed by atoms with Crippen LogP contribution in [0.4, 0.5) is 11.4 Å². The molecule has 2 aromatic carbocycles. The first-order valence-corrected chi connectivity index (χ1v) is 11.1. The highest BCUT2D eigenvalue weighted by molar-refractivity contribution is 7.92. The van der Waals surface area contributed by atoms with Crippen LogP contribution in [0.25, 0.3) is 0 Å². The van der Waals surface area contributed by atoms with Crippen LogP contribution in [0.3, 0.4) is 0 Å². The lowest BCUT2D eigenvalue weighted by atomic mass is 10.1. The Morgan fingerprint density at radius 1 is 1.21 bits per heavy atom. The number of hydrogen-bond donors (Lipinski definition) is 1. The number of ether oxygens (including phenoxy) is 1. The Morgan fingerprint density at radius 2 is 1.86 bits per heavy atom. The van der Waals surface area contributed by atoms with Gasteiger partial charge in [-0.1, -0.05) is 29.8 Å². The molecule has 1 atom stereocenters. The van der Waals surface area contributed by atoms with Crippen molar-refractivity contribution in [2.24, 2.45) is 0 Å². The number of nitrogens with zero attached hydrogens (tertiary/aromatic N) is 1. The number of amides is 1. The van der Waals surface area contributed by atoms with Gasteiger partial charge >= 0.3 is 5.97 Å². The summed E-state index contributed by atoms with van der Waals surface area (Å²) in [6.07, 6.45) is 1.01. The van der Waals surface area contributed by atoms with E-state index in [1.54, 1.807) is 44.2 Å². The second-order valence-corrected chi connectivity index (χ2v) is 8.69. The van der Waals surface area contributed by atoms with E-state index in [0.29, 0.717) is 5.02 Å². The van der Waals surface area contributed by atoms with Gasteiger partial charge in [-0.2, -0.15) is 0 Å². The zero-order valence-corrected chi connectivity index (χ0v) is 18.2. The topological polar surface area (TPSA) is 92.8 Å². The third kappa shape index (κ3) is 5.48. The van der Waals surface area contributed by atoms with Crippen LogP contribution in [-0.4, -0.2) is 39.2 Å². The molecule has 7 nitrogen and oxygen atoms in total. The molecule has 0 radical (unpaired) electrons. The molecule has 0 fully saturated rings. The first kappa shape index (κ1) is 22.7. The Balaban J connectivity index is 2.36. The summed E-state index contributed by atoms with van der Waals surface area (Å²) >= 11 is 6.13. The van der Waals surface area contributed by atoms with Gasteiger partial charge in [0.25, 0.3) is 0 Å². The molecule has 9 heteroatoms. The zero-order chi connectivity index (χ0) is 21.8. The molecule has 0 aromatic heterocycles. The molecule has 0 saturated heterocycles. The van der Waals surface area contributed by atoms with Crippen LogP contribution in [0.2, 0.25) is 5.02 Å². The molecule has 156 valence electrons. The van der Waals surface area contributed by atoms with E-state index >= 15 is 0 Å². The van der Waals surface area contributed by atoms with Gasteiger partial charge in [0, 0.05) is 5.02 Å². The van der Waals surface area contributed by atoms with Gasteiger partial charge in [-0.05, 0) is 50.6 Å². The molecule has 1 amide bonds. The molecule has 0 aliphatic rings. The van der Waals surface area contributed by atoms with Crippen LogP contribution in [0, 0.1) is 6.92 Å². The minimum absolute atomic E-state index is 0.180. The summed E-state index contributed by atoms with van der Waals surface area (Å²) < 4.78 is 30.8. The van der Waals surface area contributed by atoms with Crippen molar-refractivity contribution in [3.63, 3.8) is 0 Å². The van der Waals surface area contributed by atoms with Gasteiger partial charge in [-0.25, -0.2) is 13.2 Å². The largest absolute Gasteiger partial charge is 0.462 e. The molecule has 1 N–H and O–H groups in total. The fourth-order valence-corrected chi connectivity index (χ4v) is 4.09. The van der Waals surface area contributed by atoms with Crippen molar-refractivity contribution in [2.75, 3.05) is 22.5 Å². The number of carbonyl (C=O) groups excluding carboxylic acids is 2. The SMILES string of the molecule is CCOC(=O)c1ccccc1NC(=O)[C@H](C)N(c1ccc(C)c(Cl)c1)S(C)(=O)=O. The molecule has 0 aliphatic heterocycles. The Kier molecular flexibility index (Phi) is 7.26. The zero-order valence-electron chi connectivity index (χ0n) is 16.6. The number of nitrogens with one attached hydrogen (secondary N) is 1. The maximum absolute atomic E-state index is 12.9. The molecular formula is C20H23ClN2O5S. The normalized spacial score (nSPS) is 12.2. The van der Waals surface area contributed by atoms with Gasteiger partial charge in [-0.15, -0.1) is 0 Å². The average molecular weight is 439 g/mol. The lowest BCUT2D eigenvalue weighted by Crippen LogP contribution is -2.45. The van der Waals surface area contributed by atoms with Gasteiger partial charge in [0.2, 0.25) is 15.9 Å². The Bertz CT molecular complexity index is 1020. The van der Waals surface area contributed by atoms with Crippen LogP contribution < -0.4 is 9.62 Å². The van der Waals surface area contributed by atoms with E-state index in [4.69, 9.17) is 16.3 Å². The van der Waals surface area contributed by atoms with Gasteiger partial charge in [0.05, 0.1) is 29.8 Å². The summed E-state index contributed by atoms with van der Waals surface area (Å²) in [5.41, 5.74) is 1.46. The Labute approximate surface area is 175 Å². The van der Waals surface area contributed by atoms with Gasteiger partial charge in [0.1, 0.15) is 6.04 Å². The lowest BCUT2D eigenvalue weighted by molar-refractivity contribution is -0.116. The number of esters is 1. The number of anilines is 2. The summed E-state index contributed by atoms with van der Waals surface area (Å²) in [6.45, 7) is 5.11. The monoisotopic (exact) mass is 438 g/mol. The van der Waals surface area contributed by atoms with Crippen LogP contribution >= 0.6 is 11.6 Å². The van der Waals surface area contributed by atoms with E-state index in [9.17, 15) is 18.0 Å². The molecule has 0 aliphatic carbocycles. The number of para-hydroxylation sites is 1. The van der Waals surface area contributed by atoms with Crippen molar-refractivity contribution >= 4 is 44.9 Å². The lowest BCUT2D eigenvalue weighted by Gasteiger charge is -2.28. The van der Waals surface area contributed by atoms with Gasteiger partial charge < -0.3 is 10.1 Å². The number of aryl methyl sites for hydroxylation is 1. The molecular weight excluding hydrogens is 416 g/mol. The predicted octanol–water partition coefficient (Wildman–Crippen LogP) is 3.62. The second kappa shape index (κ2) is 9.28. The molecule has 0 saturated carbocycles. The van der Waals surface area contributed by atoms with Crippen LogP contribution in [-0.2, 0) is 19.6 Å². The van der Waals surface area contributed by atoms with Crippen molar-refractivity contribution in [2.45, 2.75) is 26.8 Å². The molecule has 2 aromatic rings. The predicted molar refractivity (Wildman–Crippen MR) is 114 cm³/mol. The highest BCUT2D eigenvalue weighted by Crippen LogP contribution is 2.27. The first-order valence-electron chi connectivity index (χ1n) is 8.88. The van der Waals surface area contributed by atoms with E-state index in [0.717, 1.165) is 16.1 Å². The number of rotatable bonds is 7. The Hall–Kier alpha value is -2.58. The van der Waals surface area contributed by atoms with Crippen molar-refractivity contribution < 1.29 is 22.7 Å². The highest BCUT2D eigenvalue weighted by Gasteiger charge is 2.30. The van der Waals surface area contributed by atoms with Crippen molar-refractivity contribution in [3.05, 3.63) is 58.6 Å². The maximum Gasteiger partial charge on any atom is 0.340 e. The fraction of sp³-hybridized carbons (Fsp3) is 0.300. The van der Waals surface area contributed by atoms with Crippen LogP contribution in [0.5, 0.6) is 0 Å². The number of sulfonamides is 1. The Morgan fingerprint density at radius 3 is 2.45 bits per heavy atom. The number of benzene rings is 2. The summed E-state index contributed by atoms with van der Waals surface area (Å²) in [5.74, 6) is -1.19. The molecule has 2 rings (SSSR count). The van der Waals surface area contributed by atoms with Crippen LogP contribution in [0.15, 0.2) is 42.5 Å². The molecule has 29 heavy (non-hydrogen) atoms. The molecule has 0 heterocycles. The van der Waals surface area contributed by atoms with Crippen LogP contribution in [0.1, 0.15) is 29.8 Å². The van der Waals surface area contributed by atoms with Gasteiger partial charge in [0.15, 0.2) is 0 Å². The third-order valence-corrected chi connectivity index (χ3v) is 5.83. The number of carbonyl (C=O) groups is 2. The summed E-state index contributed by atoms with van der Waals surface area (Å²) in [7, 11) is -3.80. The van der Waals surface area contributed by atoms with Crippen molar-refractivity contribution in [1.82, 2.24) is 0 Å². The van der Waals surface area contributed by atoms with Gasteiger partial charge in [-0.3, -0.25) is 9.10 Å². The van der Waals surface area contributed by atoms with E-state index < -0.39 is 27.9 Å². The second-order valence-electron chi connectivity index (χ2n) is 6.42. The van der Waals surface area contributed by atoms with Crippen molar-refractivity contribution in [1.29, 1.82) is 0 Å². The number of hydrogen-bond acceptors (Lipinski definition) is 5. The smallest absolute Gasteiger partial charge is 0.340 e. The van der Waals surface area contributed by atoms with E-state index in [-0.39, 0.29) is 23.5 Å². The maximum atomic E-state index is 12.9. The van der Waals surface area contributed by atoms with E-state index in [1.807, 2.05) is 0 Å². The number of halogens is 1. The summed E-state index contributed by atoms with van der Waals surface area (Å²) in [4.78, 5) is 25.0. The van der Waals surface area contributed by atoms with Crippen molar-refractivity contribution in [3.8, 4) is 0 Å². The summed E-state index contributed by atoms with van der Waals surface area (Å²) in [6, 6.07) is 10.0. The molecule has 0 spiro atoms. The third-order valence-electron chi connectivity index (χ3n) is 4.18. The summed E-state index contributed by atoms with van der Waals surface area (Å²) in [5, 5.41) is 3.00. The first-order chi connectivity index (χ1) is 13.6. The average Bonchev–Trinajstić information content (AvgIpc) is 2.64. The fourth-order valence-electron chi connectivity index (χ4n) is 2.74. The van der Waals surface area contributed by atoms with E-state index in [1.165, 1.54) is 19.1 Å². The molecule has 0 unspecified atom stereocenters. The van der Waals surface area contributed by atoms with E-state index in [2.05, 4.69) is 5.32 Å². The standard InChI is InChI=1S/C20H23ClN2O5S/c1-5-28-20(25)16-8-6-7-9-18(16)22-19(24)14(3)23(29(4,26)27)15-11-10-13(2)17(21)12-15/h6-12,14H,5H2,1-4H3,(H,22,24)/t14-/m0/s1. The molecule has 0 bridgehead atoms. The quantitative estimate of drug-likeness (QED) is 0.666. The highest BCUT2D eigenvalue weighted by atomic mass is 35.5. The minimum atomic E-state index is -3.80. The minimum Gasteiger partial charge on any atom is -0.462 e.